The molecule has 1 aromatic heterocycles. The van der Waals surface area contributed by atoms with E-state index in [0.717, 1.165) is 41.3 Å². The zero-order valence-corrected chi connectivity index (χ0v) is 17.7. The Labute approximate surface area is 177 Å². The van der Waals surface area contributed by atoms with Crippen molar-refractivity contribution in [2.24, 2.45) is 7.05 Å². The van der Waals surface area contributed by atoms with Crippen LogP contribution in [0, 0.1) is 0 Å². The number of anilines is 1. The first-order chi connectivity index (χ1) is 14.6. The highest BCUT2D eigenvalue weighted by Crippen LogP contribution is 2.37. The van der Waals surface area contributed by atoms with Crippen molar-refractivity contribution in [1.82, 2.24) is 9.47 Å². The molecule has 1 amide bonds. The van der Waals surface area contributed by atoms with Crippen LogP contribution in [0.3, 0.4) is 0 Å². The molecule has 4 rings (SSSR count). The van der Waals surface area contributed by atoms with Crippen molar-refractivity contribution in [3.05, 3.63) is 66.4 Å². The maximum atomic E-state index is 13.3. The van der Waals surface area contributed by atoms with Gasteiger partial charge in [-0.05, 0) is 23.8 Å². The lowest BCUT2D eigenvalue weighted by Crippen LogP contribution is -2.49. The average Bonchev–Trinajstić information content (AvgIpc) is 3.19. The highest BCUT2D eigenvalue weighted by atomic mass is 16.5. The van der Waals surface area contributed by atoms with Crippen molar-refractivity contribution >= 4 is 11.6 Å². The van der Waals surface area contributed by atoms with Gasteiger partial charge in [0.25, 0.3) is 5.91 Å². The van der Waals surface area contributed by atoms with Crippen LogP contribution >= 0.6 is 0 Å². The van der Waals surface area contributed by atoms with Crippen LogP contribution in [0.2, 0.25) is 0 Å². The number of para-hydroxylation sites is 1. The molecule has 6 nitrogen and oxygen atoms in total. The van der Waals surface area contributed by atoms with E-state index in [1.807, 2.05) is 77.3 Å². The number of nitrogens with zero attached hydrogens (tertiary/aromatic N) is 3. The van der Waals surface area contributed by atoms with E-state index in [9.17, 15) is 4.79 Å². The molecule has 1 fully saturated rings. The second-order valence-electron chi connectivity index (χ2n) is 7.35. The second-order valence-corrected chi connectivity index (χ2v) is 7.35. The van der Waals surface area contributed by atoms with Gasteiger partial charge in [0, 0.05) is 39.4 Å². The lowest BCUT2D eigenvalue weighted by atomic mass is 10.1. The zero-order chi connectivity index (χ0) is 21.1. The van der Waals surface area contributed by atoms with Gasteiger partial charge in [0.15, 0.2) is 11.5 Å². The average molecular weight is 405 g/mol. The highest BCUT2D eigenvalue weighted by molar-refractivity contribution is 6.00. The number of amides is 1. The number of carbonyl (C=O) groups is 1. The Balaban J connectivity index is 1.52. The van der Waals surface area contributed by atoms with Crippen molar-refractivity contribution in [2.75, 3.05) is 45.3 Å². The standard InChI is InChI=1S/C24H27N3O3/c1-25-13-12-19(22(25)18-8-5-4-6-9-18)24(28)27-16-14-26(15-17-27)20-10-7-11-21(29-2)23(20)30-3/h4-13H,14-17H2,1-3H3. The van der Waals surface area contributed by atoms with Crippen molar-refractivity contribution in [3.63, 3.8) is 0 Å². The molecule has 6 heteroatoms. The quantitative estimate of drug-likeness (QED) is 0.650. The molecule has 0 bridgehead atoms. The summed E-state index contributed by atoms with van der Waals surface area (Å²) in [4.78, 5) is 17.5. The van der Waals surface area contributed by atoms with Gasteiger partial charge in [-0.2, -0.15) is 0 Å². The van der Waals surface area contributed by atoms with Crippen LogP contribution in [-0.2, 0) is 7.05 Å². The summed E-state index contributed by atoms with van der Waals surface area (Å²) in [5.41, 5.74) is 3.75. The van der Waals surface area contributed by atoms with E-state index in [0.29, 0.717) is 18.8 Å². The summed E-state index contributed by atoms with van der Waals surface area (Å²) in [6.45, 7) is 2.79. The predicted molar refractivity (Wildman–Crippen MR) is 119 cm³/mol. The molecule has 156 valence electrons. The van der Waals surface area contributed by atoms with Gasteiger partial charge in [-0.3, -0.25) is 4.79 Å². The summed E-state index contributed by atoms with van der Waals surface area (Å²) in [5.74, 6) is 1.52. The number of hydrogen-bond donors (Lipinski definition) is 0. The molecule has 0 aliphatic carbocycles. The molecule has 0 atom stereocenters. The Hall–Kier alpha value is -3.41. The second kappa shape index (κ2) is 8.53. The van der Waals surface area contributed by atoms with E-state index in [2.05, 4.69) is 4.90 Å². The number of benzene rings is 2. The van der Waals surface area contributed by atoms with Crippen LogP contribution in [0.15, 0.2) is 60.8 Å². The number of aromatic nitrogens is 1. The smallest absolute Gasteiger partial charge is 0.256 e. The van der Waals surface area contributed by atoms with E-state index in [1.54, 1.807) is 14.2 Å². The van der Waals surface area contributed by atoms with Crippen LogP contribution in [0.4, 0.5) is 5.69 Å². The SMILES string of the molecule is COc1cccc(N2CCN(C(=O)c3ccn(C)c3-c3ccccc3)CC2)c1OC. The van der Waals surface area contributed by atoms with Crippen LogP contribution < -0.4 is 14.4 Å². The highest BCUT2D eigenvalue weighted by Gasteiger charge is 2.27. The summed E-state index contributed by atoms with van der Waals surface area (Å²) < 4.78 is 13.0. The maximum absolute atomic E-state index is 13.3. The topological polar surface area (TPSA) is 46.9 Å². The Kier molecular flexibility index (Phi) is 5.65. The number of aryl methyl sites for hydroxylation is 1. The minimum Gasteiger partial charge on any atom is -0.493 e. The van der Waals surface area contributed by atoms with Gasteiger partial charge >= 0.3 is 0 Å². The van der Waals surface area contributed by atoms with Gasteiger partial charge in [0.2, 0.25) is 0 Å². The Morgan fingerprint density at radius 2 is 1.60 bits per heavy atom. The molecule has 30 heavy (non-hydrogen) atoms. The lowest BCUT2D eigenvalue weighted by Gasteiger charge is -2.36. The third-order valence-corrected chi connectivity index (χ3v) is 5.64. The summed E-state index contributed by atoms with van der Waals surface area (Å²) >= 11 is 0. The minimum absolute atomic E-state index is 0.0757. The largest absolute Gasteiger partial charge is 0.493 e. The van der Waals surface area contributed by atoms with E-state index in [1.165, 1.54) is 0 Å². The van der Waals surface area contributed by atoms with Crippen LogP contribution in [0.5, 0.6) is 11.5 Å². The summed E-state index contributed by atoms with van der Waals surface area (Å²) in [5, 5.41) is 0. The van der Waals surface area contributed by atoms with Crippen molar-refractivity contribution < 1.29 is 14.3 Å². The number of ether oxygens (including phenoxy) is 2. The predicted octanol–water partition coefficient (Wildman–Crippen LogP) is 3.67. The molecule has 1 saturated heterocycles. The summed E-state index contributed by atoms with van der Waals surface area (Å²) in [6.07, 6.45) is 1.95. The van der Waals surface area contributed by atoms with Crippen molar-refractivity contribution in [3.8, 4) is 22.8 Å². The molecule has 0 saturated carbocycles. The Bertz CT molecular complexity index is 1020. The van der Waals surface area contributed by atoms with Gasteiger partial charge in [0.1, 0.15) is 0 Å². The van der Waals surface area contributed by atoms with Gasteiger partial charge < -0.3 is 23.8 Å². The number of hydrogen-bond acceptors (Lipinski definition) is 4. The van der Waals surface area contributed by atoms with E-state index >= 15 is 0 Å². The third kappa shape index (κ3) is 3.61. The first kappa shape index (κ1) is 19.9. The van der Waals surface area contributed by atoms with Gasteiger partial charge in [-0.25, -0.2) is 0 Å². The number of piperazine rings is 1. The molecule has 0 N–H and O–H groups in total. The molecule has 1 aliphatic heterocycles. The minimum atomic E-state index is 0.0757. The monoisotopic (exact) mass is 405 g/mol. The number of methoxy groups -OCH3 is 2. The van der Waals surface area contributed by atoms with E-state index in [-0.39, 0.29) is 5.91 Å². The van der Waals surface area contributed by atoms with Gasteiger partial charge in [-0.1, -0.05) is 36.4 Å². The van der Waals surface area contributed by atoms with Gasteiger partial charge in [-0.15, -0.1) is 0 Å². The fourth-order valence-corrected chi connectivity index (χ4v) is 4.10. The molecule has 0 spiro atoms. The molecule has 3 aromatic rings. The fourth-order valence-electron chi connectivity index (χ4n) is 4.10. The molecular formula is C24H27N3O3. The Morgan fingerprint density at radius 3 is 2.27 bits per heavy atom. The molecule has 2 heterocycles. The van der Waals surface area contributed by atoms with Crippen LogP contribution in [0.1, 0.15) is 10.4 Å². The fraction of sp³-hybridized carbons (Fsp3) is 0.292. The van der Waals surface area contributed by atoms with E-state index in [4.69, 9.17) is 9.47 Å². The first-order valence-corrected chi connectivity index (χ1v) is 10.1. The zero-order valence-electron chi connectivity index (χ0n) is 17.7. The molecule has 0 unspecified atom stereocenters. The lowest BCUT2D eigenvalue weighted by molar-refractivity contribution is 0.0747. The third-order valence-electron chi connectivity index (χ3n) is 5.64. The van der Waals surface area contributed by atoms with Crippen LogP contribution in [-0.4, -0.2) is 55.8 Å². The number of carbonyl (C=O) groups excluding carboxylic acids is 1. The van der Waals surface area contributed by atoms with Crippen molar-refractivity contribution in [2.45, 2.75) is 0 Å². The molecular weight excluding hydrogens is 378 g/mol. The molecule has 1 aliphatic rings. The summed E-state index contributed by atoms with van der Waals surface area (Å²) in [6, 6.07) is 17.9. The van der Waals surface area contributed by atoms with Crippen molar-refractivity contribution in [1.29, 1.82) is 0 Å². The van der Waals surface area contributed by atoms with Crippen LogP contribution in [0.25, 0.3) is 11.3 Å². The first-order valence-electron chi connectivity index (χ1n) is 10.1. The number of rotatable bonds is 5. The summed E-state index contributed by atoms with van der Waals surface area (Å²) in [7, 11) is 5.27. The van der Waals surface area contributed by atoms with E-state index < -0.39 is 0 Å². The van der Waals surface area contributed by atoms with Gasteiger partial charge in [0.05, 0.1) is 31.2 Å². The normalized spacial score (nSPS) is 14.0. The maximum Gasteiger partial charge on any atom is 0.256 e. The molecule has 2 aromatic carbocycles. The molecule has 0 radical (unpaired) electrons. The Morgan fingerprint density at radius 1 is 0.867 bits per heavy atom.